The van der Waals surface area contributed by atoms with E-state index in [0.29, 0.717) is 42.6 Å². The van der Waals surface area contributed by atoms with Gasteiger partial charge >= 0.3 is 5.97 Å². The van der Waals surface area contributed by atoms with Crippen LogP contribution in [0.2, 0.25) is 0 Å². The Morgan fingerprint density at radius 3 is 2.30 bits per heavy atom. The first-order chi connectivity index (χ1) is 19.6. The monoisotopic (exact) mass is 530 g/mol. The molecular formula is C31H26N6O3. The number of aromatic nitrogens is 6. The summed E-state index contributed by atoms with van der Waals surface area (Å²) in [7, 11) is 0. The molecule has 9 nitrogen and oxygen atoms in total. The van der Waals surface area contributed by atoms with Crippen molar-refractivity contribution in [2.45, 2.75) is 20.0 Å². The predicted molar refractivity (Wildman–Crippen MR) is 151 cm³/mol. The molecule has 6 aromatic rings. The third-order valence-electron chi connectivity index (χ3n) is 6.63. The van der Waals surface area contributed by atoms with Crippen LogP contribution >= 0.6 is 0 Å². The van der Waals surface area contributed by atoms with E-state index in [1.54, 1.807) is 23.0 Å². The lowest BCUT2D eigenvalue weighted by Crippen LogP contribution is -2.08. The molecule has 0 aliphatic rings. The summed E-state index contributed by atoms with van der Waals surface area (Å²) in [6.07, 6.45) is 0. The maximum absolute atomic E-state index is 11.9. The third-order valence-corrected chi connectivity index (χ3v) is 6.63. The number of carbonyl (C=O) groups is 1. The number of imidazole rings is 1. The molecule has 2 heterocycles. The lowest BCUT2D eigenvalue weighted by Gasteiger charge is -2.12. The van der Waals surface area contributed by atoms with Gasteiger partial charge in [0.25, 0.3) is 6.01 Å². The van der Waals surface area contributed by atoms with Crippen LogP contribution in [0, 0.1) is 0 Å². The lowest BCUT2D eigenvalue weighted by atomic mass is 9.98. The summed E-state index contributed by atoms with van der Waals surface area (Å²) in [5.74, 6) is -0.445. The normalized spacial score (nSPS) is 11.1. The second-order valence-corrected chi connectivity index (χ2v) is 9.26. The second kappa shape index (κ2) is 10.8. The largest absolute Gasteiger partial charge is 0.478 e. The number of carboxylic acids is 1. The van der Waals surface area contributed by atoms with Gasteiger partial charge in [-0.15, -0.1) is 10.2 Å². The highest BCUT2D eigenvalue weighted by molar-refractivity contribution is 6.01. The number of tetrazole rings is 1. The fourth-order valence-corrected chi connectivity index (χ4v) is 4.79. The molecule has 4 aromatic carbocycles. The molecule has 0 bridgehead atoms. The number of benzene rings is 4. The molecule has 0 aliphatic carbocycles. The molecule has 0 saturated carbocycles. The summed E-state index contributed by atoms with van der Waals surface area (Å²) in [4.78, 5) is 18.1. The molecule has 40 heavy (non-hydrogen) atoms. The average molecular weight is 531 g/mol. The number of rotatable bonds is 9. The van der Waals surface area contributed by atoms with Crippen molar-refractivity contribution in [2.75, 3.05) is 6.61 Å². The zero-order valence-corrected chi connectivity index (χ0v) is 21.8. The summed E-state index contributed by atoms with van der Waals surface area (Å²) < 4.78 is 7.58. The molecule has 0 amide bonds. The second-order valence-electron chi connectivity index (χ2n) is 9.26. The molecule has 0 spiro atoms. The van der Waals surface area contributed by atoms with Gasteiger partial charge in [-0.1, -0.05) is 84.9 Å². The van der Waals surface area contributed by atoms with Crippen LogP contribution in [-0.2, 0) is 13.1 Å². The molecule has 0 radical (unpaired) electrons. The van der Waals surface area contributed by atoms with Gasteiger partial charge in [-0.25, -0.2) is 4.79 Å². The van der Waals surface area contributed by atoms with Crippen molar-refractivity contribution in [3.63, 3.8) is 0 Å². The van der Waals surface area contributed by atoms with Gasteiger partial charge < -0.3 is 9.84 Å². The fraction of sp³-hybridized carbons (Fsp3) is 0.129. The number of hydrogen-bond donors (Lipinski definition) is 1. The van der Waals surface area contributed by atoms with Gasteiger partial charge in [-0.05, 0) is 46.5 Å². The van der Waals surface area contributed by atoms with Gasteiger partial charge in [0, 0.05) is 5.56 Å². The number of para-hydroxylation sites is 1. The Kier molecular flexibility index (Phi) is 6.76. The SMILES string of the molecule is CCOc1nc2cccc(C(=O)O)c2n1Cc1ccc(-c2ccccc2-c2nnn(Cc3ccccc3)n2)cc1. The summed E-state index contributed by atoms with van der Waals surface area (Å²) in [6, 6.07) is 31.6. The molecule has 0 fully saturated rings. The number of aromatic carboxylic acids is 1. The highest BCUT2D eigenvalue weighted by Crippen LogP contribution is 2.31. The third kappa shape index (κ3) is 4.92. The van der Waals surface area contributed by atoms with Crippen molar-refractivity contribution in [3.8, 4) is 28.5 Å². The van der Waals surface area contributed by atoms with E-state index >= 15 is 0 Å². The van der Waals surface area contributed by atoms with E-state index in [9.17, 15) is 9.90 Å². The number of carboxylic acid groups (broad SMARTS) is 1. The van der Waals surface area contributed by atoms with Crippen LogP contribution in [0.1, 0.15) is 28.4 Å². The summed E-state index contributed by atoms with van der Waals surface area (Å²) >= 11 is 0. The Balaban J connectivity index is 1.30. The van der Waals surface area contributed by atoms with Crippen LogP contribution in [0.3, 0.4) is 0 Å². The standard InChI is InChI=1S/C31H26N6O3/c1-2-40-31-32-27-14-8-13-26(30(38)39)28(27)36(31)19-22-15-17-23(18-16-22)24-11-6-7-12-25(24)29-33-35-37(34-29)20-21-9-4-3-5-10-21/h3-18H,2,19-20H2,1H3,(H,38,39). The van der Waals surface area contributed by atoms with Gasteiger partial charge in [-0.3, -0.25) is 4.57 Å². The van der Waals surface area contributed by atoms with Gasteiger partial charge in [-0.2, -0.15) is 9.78 Å². The first-order valence-corrected chi connectivity index (χ1v) is 13.0. The molecule has 0 aliphatic heterocycles. The van der Waals surface area contributed by atoms with E-state index in [4.69, 9.17) is 4.74 Å². The van der Waals surface area contributed by atoms with Crippen molar-refractivity contribution in [2.24, 2.45) is 0 Å². The molecule has 0 saturated heterocycles. The Hall–Kier alpha value is -5.31. The number of hydrogen-bond acceptors (Lipinski definition) is 6. The van der Waals surface area contributed by atoms with Gasteiger partial charge in [0.15, 0.2) is 0 Å². The molecular weight excluding hydrogens is 504 g/mol. The minimum absolute atomic E-state index is 0.189. The van der Waals surface area contributed by atoms with Crippen LogP contribution in [0.15, 0.2) is 97.1 Å². The molecule has 0 unspecified atom stereocenters. The molecule has 6 rings (SSSR count). The van der Waals surface area contributed by atoms with Crippen LogP contribution in [0.5, 0.6) is 6.01 Å². The van der Waals surface area contributed by atoms with Crippen LogP contribution in [0.4, 0.5) is 0 Å². The molecule has 9 heteroatoms. The van der Waals surface area contributed by atoms with Gasteiger partial charge in [0.1, 0.15) is 0 Å². The Morgan fingerprint density at radius 1 is 0.825 bits per heavy atom. The van der Waals surface area contributed by atoms with Gasteiger partial charge in [0.2, 0.25) is 5.82 Å². The zero-order chi connectivity index (χ0) is 27.5. The molecule has 1 N–H and O–H groups in total. The van der Waals surface area contributed by atoms with Crippen molar-refractivity contribution in [1.82, 2.24) is 29.8 Å². The van der Waals surface area contributed by atoms with Crippen LogP contribution < -0.4 is 4.74 Å². The fourth-order valence-electron chi connectivity index (χ4n) is 4.79. The van der Waals surface area contributed by atoms with Crippen LogP contribution in [-0.4, -0.2) is 47.4 Å². The zero-order valence-electron chi connectivity index (χ0n) is 21.8. The first-order valence-electron chi connectivity index (χ1n) is 13.0. The quantitative estimate of drug-likeness (QED) is 0.261. The minimum Gasteiger partial charge on any atom is -0.478 e. The highest BCUT2D eigenvalue weighted by Gasteiger charge is 2.19. The topological polar surface area (TPSA) is 108 Å². The van der Waals surface area contributed by atoms with Crippen molar-refractivity contribution in [3.05, 3.63) is 114 Å². The molecule has 2 aromatic heterocycles. The van der Waals surface area contributed by atoms with Crippen LogP contribution in [0.25, 0.3) is 33.5 Å². The van der Waals surface area contributed by atoms with E-state index in [0.717, 1.165) is 27.8 Å². The summed E-state index contributed by atoms with van der Waals surface area (Å²) in [5, 5.41) is 23.0. The maximum Gasteiger partial charge on any atom is 0.337 e. The van der Waals surface area contributed by atoms with E-state index in [-0.39, 0.29) is 5.56 Å². The van der Waals surface area contributed by atoms with Crippen molar-refractivity contribution >= 4 is 17.0 Å². The number of ether oxygens (including phenoxy) is 1. The lowest BCUT2D eigenvalue weighted by molar-refractivity contribution is 0.0698. The Morgan fingerprint density at radius 2 is 1.55 bits per heavy atom. The van der Waals surface area contributed by atoms with E-state index in [1.807, 2.05) is 90.4 Å². The van der Waals surface area contributed by atoms with Gasteiger partial charge in [0.05, 0.1) is 36.3 Å². The Labute approximate surface area is 230 Å². The van der Waals surface area contributed by atoms with Crippen molar-refractivity contribution < 1.29 is 14.6 Å². The van der Waals surface area contributed by atoms with Crippen molar-refractivity contribution in [1.29, 1.82) is 0 Å². The first kappa shape index (κ1) is 25.0. The minimum atomic E-state index is -1.00. The molecule has 198 valence electrons. The average Bonchev–Trinajstić information content (AvgIpc) is 3.58. The molecule has 0 atom stereocenters. The summed E-state index contributed by atoms with van der Waals surface area (Å²) in [6.45, 7) is 3.25. The Bertz CT molecular complexity index is 1790. The predicted octanol–water partition coefficient (Wildman–Crippen LogP) is 5.55. The van der Waals surface area contributed by atoms with E-state index < -0.39 is 5.97 Å². The maximum atomic E-state index is 11.9. The number of nitrogens with zero attached hydrogens (tertiary/aromatic N) is 6. The summed E-state index contributed by atoms with van der Waals surface area (Å²) in [5.41, 5.74) is 6.28. The smallest absolute Gasteiger partial charge is 0.337 e. The van der Waals surface area contributed by atoms with E-state index in [2.05, 4.69) is 20.4 Å². The number of fused-ring (bicyclic) bond motifs is 1. The van der Waals surface area contributed by atoms with E-state index in [1.165, 1.54) is 0 Å². The highest BCUT2D eigenvalue weighted by atomic mass is 16.5.